The number of sulfonamides is 1. The molecular weight excluding hydrogens is 406 g/mol. The molecule has 0 saturated heterocycles. The second-order valence-corrected chi connectivity index (χ2v) is 8.30. The average Bonchev–Trinajstić information content (AvgIpc) is 2.63. The van der Waals surface area contributed by atoms with Crippen LogP contribution in [0, 0.1) is 0 Å². The van der Waals surface area contributed by atoms with Gasteiger partial charge in [0.05, 0.1) is 17.0 Å². The maximum Gasteiger partial charge on any atom is 0.243 e. The second-order valence-electron chi connectivity index (χ2n) is 5.54. The van der Waals surface area contributed by atoms with Crippen LogP contribution in [-0.2, 0) is 10.0 Å². The van der Waals surface area contributed by atoms with E-state index in [4.69, 9.17) is 28.6 Å². The normalized spacial score (nSPS) is 11.3. The van der Waals surface area contributed by atoms with Crippen LogP contribution >= 0.6 is 23.8 Å². The summed E-state index contributed by atoms with van der Waals surface area (Å²) in [4.78, 5) is 0.248. The van der Waals surface area contributed by atoms with E-state index in [0.717, 1.165) is 0 Å². The fourth-order valence-electron chi connectivity index (χ4n) is 2.46. The van der Waals surface area contributed by atoms with E-state index >= 15 is 0 Å². The maximum atomic E-state index is 12.5. The van der Waals surface area contributed by atoms with Crippen molar-refractivity contribution in [3.8, 4) is 5.75 Å². The SMILES string of the molecule is CCN(CC)S(=O)(=O)c1ccc(NC(=S)Nc2ccc(OC)c(Cl)c2)cc1. The number of halogens is 1. The van der Waals surface area contributed by atoms with Crippen molar-refractivity contribution >= 4 is 50.3 Å². The van der Waals surface area contributed by atoms with Crippen LogP contribution in [0.1, 0.15) is 13.8 Å². The average molecular weight is 428 g/mol. The molecule has 0 aliphatic rings. The molecule has 0 aliphatic heterocycles. The first-order valence-corrected chi connectivity index (χ1v) is 10.6. The third-order valence-electron chi connectivity index (χ3n) is 3.87. The molecule has 2 rings (SSSR count). The first-order valence-electron chi connectivity index (χ1n) is 8.33. The summed E-state index contributed by atoms with van der Waals surface area (Å²) in [5.74, 6) is 0.575. The quantitative estimate of drug-likeness (QED) is 0.645. The van der Waals surface area contributed by atoms with Crippen molar-refractivity contribution in [3.63, 3.8) is 0 Å². The van der Waals surface area contributed by atoms with Gasteiger partial charge in [0.15, 0.2) is 5.11 Å². The van der Waals surface area contributed by atoms with Gasteiger partial charge in [-0.15, -0.1) is 0 Å². The highest BCUT2D eigenvalue weighted by Crippen LogP contribution is 2.27. The van der Waals surface area contributed by atoms with E-state index in [1.807, 2.05) is 13.8 Å². The molecule has 0 unspecified atom stereocenters. The number of ether oxygens (including phenoxy) is 1. The van der Waals surface area contributed by atoms with E-state index < -0.39 is 10.0 Å². The van der Waals surface area contributed by atoms with Gasteiger partial charge in [-0.1, -0.05) is 25.4 Å². The summed E-state index contributed by atoms with van der Waals surface area (Å²) in [6.07, 6.45) is 0. The van der Waals surface area contributed by atoms with Crippen LogP contribution in [0.25, 0.3) is 0 Å². The number of rotatable bonds is 7. The number of anilines is 2. The van der Waals surface area contributed by atoms with E-state index in [-0.39, 0.29) is 4.90 Å². The van der Waals surface area contributed by atoms with Crippen molar-refractivity contribution in [2.45, 2.75) is 18.7 Å². The molecule has 0 aromatic heterocycles. The standard InChI is InChI=1S/C18H22ClN3O3S2/c1-4-22(5-2)27(23,24)15-9-6-13(7-10-15)20-18(26)21-14-8-11-17(25-3)16(19)12-14/h6-12H,4-5H2,1-3H3,(H2,20,21,26). The van der Waals surface area contributed by atoms with Gasteiger partial charge in [-0.05, 0) is 54.7 Å². The monoisotopic (exact) mass is 427 g/mol. The number of hydrogen-bond donors (Lipinski definition) is 2. The van der Waals surface area contributed by atoms with Crippen molar-refractivity contribution in [1.82, 2.24) is 4.31 Å². The van der Waals surface area contributed by atoms with Crippen LogP contribution in [0.5, 0.6) is 5.75 Å². The molecule has 0 heterocycles. The molecule has 0 radical (unpaired) electrons. The number of thiocarbonyl (C=S) groups is 1. The lowest BCUT2D eigenvalue weighted by Crippen LogP contribution is -2.30. The number of benzene rings is 2. The Morgan fingerprint density at radius 2 is 1.63 bits per heavy atom. The van der Waals surface area contributed by atoms with E-state index in [1.165, 1.54) is 4.31 Å². The minimum absolute atomic E-state index is 0.248. The smallest absolute Gasteiger partial charge is 0.243 e. The third kappa shape index (κ3) is 5.32. The zero-order valence-corrected chi connectivity index (χ0v) is 17.7. The highest BCUT2D eigenvalue weighted by atomic mass is 35.5. The molecule has 0 amide bonds. The molecule has 2 aromatic carbocycles. The highest BCUT2D eigenvalue weighted by molar-refractivity contribution is 7.89. The first-order chi connectivity index (χ1) is 12.8. The molecule has 2 aromatic rings. The summed E-state index contributed by atoms with van der Waals surface area (Å²) < 4.78 is 31.5. The van der Waals surface area contributed by atoms with E-state index in [0.29, 0.717) is 40.3 Å². The van der Waals surface area contributed by atoms with Gasteiger partial charge in [0.25, 0.3) is 0 Å². The van der Waals surface area contributed by atoms with Gasteiger partial charge in [-0.25, -0.2) is 8.42 Å². The van der Waals surface area contributed by atoms with Crippen LogP contribution in [-0.4, -0.2) is 38.0 Å². The van der Waals surface area contributed by atoms with Crippen molar-refractivity contribution in [2.24, 2.45) is 0 Å². The summed E-state index contributed by atoms with van der Waals surface area (Å²) in [5.41, 5.74) is 1.38. The van der Waals surface area contributed by atoms with Crippen LogP contribution < -0.4 is 15.4 Å². The zero-order valence-electron chi connectivity index (χ0n) is 15.3. The molecule has 27 heavy (non-hydrogen) atoms. The lowest BCUT2D eigenvalue weighted by Gasteiger charge is -2.18. The van der Waals surface area contributed by atoms with Crippen LogP contribution in [0.3, 0.4) is 0 Å². The lowest BCUT2D eigenvalue weighted by atomic mass is 10.3. The molecule has 0 spiro atoms. The van der Waals surface area contributed by atoms with Gasteiger partial charge in [0, 0.05) is 24.5 Å². The fraction of sp³-hybridized carbons (Fsp3) is 0.278. The molecule has 6 nitrogen and oxygen atoms in total. The van der Waals surface area contributed by atoms with Crippen molar-refractivity contribution < 1.29 is 13.2 Å². The Balaban J connectivity index is 2.06. The maximum absolute atomic E-state index is 12.5. The van der Waals surface area contributed by atoms with E-state index in [1.54, 1.807) is 49.6 Å². The minimum atomic E-state index is -3.48. The Kier molecular flexibility index (Phi) is 7.43. The van der Waals surface area contributed by atoms with E-state index in [2.05, 4.69) is 10.6 Å². The van der Waals surface area contributed by atoms with Gasteiger partial charge in [0.2, 0.25) is 10.0 Å². The molecule has 2 N–H and O–H groups in total. The first kappa shape index (κ1) is 21.4. The Bertz CT molecular complexity index is 899. The summed E-state index contributed by atoms with van der Waals surface area (Å²) in [6.45, 7) is 4.48. The molecule has 0 atom stereocenters. The number of nitrogens with one attached hydrogen (secondary N) is 2. The van der Waals surface area contributed by atoms with Crippen LogP contribution in [0.15, 0.2) is 47.4 Å². The molecule has 146 valence electrons. The molecular formula is C18H22ClN3O3S2. The van der Waals surface area contributed by atoms with Crippen molar-refractivity contribution in [3.05, 3.63) is 47.5 Å². The summed E-state index contributed by atoms with van der Waals surface area (Å²) >= 11 is 11.4. The Morgan fingerprint density at radius 3 is 2.15 bits per heavy atom. The summed E-state index contributed by atoms with van der Waals surface area (Å²) in [7, 11) is -1.93. The van der Waals surface area contributed by atoms with Gasteiger partial charge in [0.1, 0.15) is 5.75 Å². The minimum Gasteiger partial charge on any atom is -0.495 e. The predicted octanol–water partition coefficient (Wildman–Crippen LogP) is 4.19. The van der Waals surface area contributed by atoms with Crippen LogP contribution in [0.4, 0.5) is 11.4 Å². The van der Waals surface area contributed by atoms with Crippen LogP contribution in [0.2, 0.25) is 5.02 Å². The van der Waals surface area contributed by atoms with Crippen molar-refractivity contribution in [2.75, 3.05) is 30.8 Å². The largest absolute Gasteiger partial charge is 0.495 e. The Labute approximate surface area is 170 Å². The topological polar surface area (TPSA) is 70.7 Å². The van der Waals surface area contributed by atoms with E-state index in [9.17, 15) is 8.42 Å². The highest BCUT2D eigenvalue weighted by Gasteiger charge is 2.21. The predicted molar refractivity (Wildman–Crippen MR) is 114 cm³/mol. The number of methoxy groups -OCH3 is 1. The molecule has 0 fully saturated rings. The van der Waals surface area contributed by atoms with Gasteiger partial charge in [-0.3, -0.25) is 0 Å². The third-order valence-corrected chi connectivity index (χ3v) is 6.43. The molecule has 0 saturated carbocycles. The van der Waals surface area contributed by atoms with Crippen molar-refractivity contribution in [1.29, 1.82) is 0 Å². The number of hydrogen-bond acceptors (Lipinski definition) is 4. The lowest BCUT2D eigenvalue weighted by molar-refractivity contribution is 0.415. The number of nitrogens with zero attached hydrogens (tertiary/aromatic N) is 1. The summed E-state index contributed by atoms with van der Waals surface area (Å²) in [5, 5.41) is 6.86. The van der Waals surface area contributed by atoms with Gasteiger partial charge < -0.3 is 15.4 Å². The molecule has 0 aliphatic carbocycles. The molecule has 9 heteroatoms. The summed E-state index contributed by atoms with van der Waals surface area (Å²) in [6, 6.07) is 11.7. The molecule has 0 bridgehead atoms. The Morgan fingerprint density at radius 1 is 1.07 bits per heavy atom. The van der Waals surface area contributed by atoms with Gasteiger partial charge in [-0.2, -0.15) is 4.31 Å². The second kappa shape index (κ2) is 9.36. The fourth-order valence-corrected chi connectivity index (χ4v) is 4.41. The zero-order chi connectivity index (χ0) is 20.0. The Hall–Kier alpha value is -1.87. The van der Waals surface area contributed by atoms with Gasteiger partial charge >= 0.3 is 0 Å².